The molecule has 0 fully saturated rings. The zero-order chi connectivity index (χ0) is 18.1. The van der Waals surface area contributed by atoms with Gasteiger partial charge in [0.05, 0.1) is 22.0 Å². The Bertz CT molecular complexity index is 1440. The number of aromatic nitrogens is 1. The fourth-order valence-electron chi connectivity index (χ4n) is 4.73. The van der Waals surface area contributed by atoms with Crippen molar-refractivity contribution in [3.63, 3.8) is 0 Å². The van der Waals surface area contributed by atoms with Crippen LogP contribution in [0.4, 0.5) is 11.4 Å². The number of para-hydroxylation sites is 2. The number of hydrogen-bond acceptors (Lipinski definition) is 0. The van der Waals surface area contributed by atoms with Crippen LogP contribution in [0.5, 0.6) is 0 Å². The Morgan fingerprint density at radius 1 is 0.778 bits per heavy atom. The summed E-state index contributed by atoms with van der Waals surface area (Å²) in [6.45, 7) is 0. The van der Waals surface area contributed by atoms with Crippen molar-refractivity contribution in [2.75, 3.05) is 4.93 Å². The van der Waals surface area contributed by atoms with Gasteiger partial charge in [0, 0.05) is 34.3 Å². The molecule has 0 unspecified atom stereocenters. The Hall–Kier alpha value is -2.53. The third-order valence-electron chi connectivity index (χ3n) is 5.78. The normalized spacial score (nSPS) is 14.7. The highest BCUT2D eigenvalue weighted by atomic mass is 127. The summed E-state index contributed by atoms with van der Waals surface area (Å²) in [4.78, 5) is 2.36. The Balaban J connectivity index is 2.02. The molecule has 0 N–H and O–H groups in total. The molecule has 5 aromatic rings. The summed E-state index contributed by atoms with van der Waals surface area (Å²) in [5, 5.41) is 5.46. The average molecular weight is 461 g/mol. The van der Waals surface area contributed by atoms with Crippen LogP contribution < -0.4 is 2.73 Å². The van der Waals surface area contributed by atoms with Gasteiger partial charge in [0.2, 0.25) is 32.4 Å². The second-order valence-corrected chi connectivity index (χ2v) is 8.97. The van der Waals surface area contributed by atoms with Gasteiger partial charge in [-0.15, -0.1) is 2.73 Å². The minimum atomic E-state index is -0.129. The maximum absolute atomic E-state index is 2.60. The van der Waals surface area contributed by atoms with E-state index in [0.29, 0.717) is 0 Å². The number of aryl methyl sites for hydroxylation is 1. The number of fused-ring (bicyclic) bond motifs is 10. The average Bonchev–Trinajstić information content (AvgIpc) is 3.21. The first-order valence-corrected chi connectivity index (χ1v) is 12.2. The molecule has 1 aromatic heterocycles. The van der Waals surface area contributed by atoms with Crippen molar-refractivity contribution in [2.45, 2.75) is 0 Å². The van der Waals surface area contributed by atoms with Crippen LogP contribution in [0.15, 0.2) is 72.8 Å². The molecule has 1 aliphatic heterocycles. The minimum Gasteiger partial charge on any atom is -0.343 e. The van der Waals surface area contributed by atoms with Crippen LogP contribution in [0.2, 0.25) is 0 Å². The van der Waals surface area contributed by atoms with Crippen molar-refractivity contribution in [1.82, 2.24) is 7.30 Å². The molecule has 130 valence electrons. The van der Waals surface area contributed by atoms with E-state index in [2.05, 4.69) is 92.1 Å². The molecule has 0 saturated carbocycles. The van der Waals surface area contributed by atoms with E-state index in [1.54, 1.807) is 0 Å². The van der Waals surface area contributed by atoms with E-state index in [1.807, 2.05) is 0 Å². The monoisotopic (exact) mass is 461 g/mol. The lowest BCUT2D eigenvalue weighted by atomic mass is 9.95. The fourth-order valence-corrected chi connectivity index (χ4v) is 6.63. The molecule has 0 bridgehead atoms. The summed E-state index contributed by atoms with van der Waals surface area (Å²) in [5.74, 6) is 0. The van der Waals surface area contributed by atoms with Crippen LogP contribution in [0.3, 0.4) is 0 Å². The van der Waals surface area contributed by atoms with Crippen LogP contribution in [-0.2, 0) is 7.05 Å². The van der Waals surface area contributed by atoms with Crippen molar-refractivity contribution in [3.05, 3.63) is 72.8 Å². The van der Waals surface area contributed by atoms with Gasteiger partial charge in [0.25, 0.3) is 0 Å². The molecule has 0 saturated heterocycles. The Labute approximate surface area is 167 Å². The molecule has 0 radical (unpaired) electrons. The highest BCUT2D eigenvalue weighted by Gasteiger charge is 2.37. The maximum Gasteiger partial charge on any atom is 0.232 e. The Morgan fingerprint density at radius 2 is 1.44 bits per heavy atom. The van der Waals surface area contributed by atoms with Crippen molar-refractivity contribution in [1.29, 1.82) is 0 Å². The molecule has 27 heavy (non-hydrogen) atoms. The summed E-state index contributed by atoms with van der Waals surface area (Å²) >= 11 is -0.129. The van der Waals surface area contributed by atoms with E-state index >= 15 is 0 Å². The van der Waals surface area contributed by atoms with Crippen molar-refractivity contribution in [2.24, 2.45) is 7.05 Å². The lowest BCUT2D eigenvalue weighted by Crippen LogP contribution is -1.94. The van der Waals surface area contributed by atoms with Crippen molar-refractivity contribution in [3.8, 4) is 11.1 Å². The summed E-state index contributed by atoms with van der Waals surface area (Å²) < 4.78 is 4.98. The third-order valence-corrected chi connectivity index (χ3v) is 7.75. The molecule has 0 spiro atoms. The van der Waals surface area contributed by atoms with Gasteiger partial charge in [-0.05, 0) is 17.5 Å². The fraction of sp³-hybridized carbons (Fsp3) is 0.0833. The van der Waals surface area contributed by atoms with Gasteiger partial charge in [-0.25, -0.2) is 0 Å². The van der Waals surface area contributed by atoms with Crippen LogP contribution in [0.25, 0.3) is 43.7 Å². The van der Waals surface area contributed by atoms with Gasteiger partial charge in [0.15, 0.2) is 0 Å². The second kappa shape index (κ2) is 5.49. The SMILES string of the molecule is CI=[N+]1c2ccccc2-c2c1c1c3ccccc3n(C)c1c1ccccc21. The van der Waals surface area contributed by atoms with Crippen molar-refractivity contribution >= 4 is 65.0 Å². The quantitative estimate of drug-likeness (QED) is 0.169. The molecule has 0 aliphatic carbocycles. The lowest BCUT2D eigenvalue weighted by Gasteiger charge is -2.07. The molecule has 1 aliphatic rings. The van der Waals surface area contributed by atoms with Crippen molar-refractivity contribution < 1.29 is 0 Å². The van der Waals surface area contributed by atoms with E-state index in [1.165, 1.54) is 55.1 Å². The summed E-state index contributed by atoms with van der Waals surface area (Å²) in [7, 11) is 2.21. The largest absolute Gasteiger partial charge is 0.343 e. The lowest BCUT2D eigenvalue weighted by molar-refractivity contribution is 1.02. The number of nitrogens with zero attached hydrogens (tertiary/aromatic N) is 2. The van der Waals surface area contributed by atoms with Gasteiger partial charge < -0.3 is 4.57 Å². The molecule has 0 atom stereocenters. The molecule has 4 aromatic carbocycles. The summed E-state index contributed by atoms with van der Waals surface area (Å²) in [6, 6.07) is 26.6. The first-order chi connectivity index (χ1) is 13.3. The first-order valence-electron chi connectivity index (χ1n) is 9.12. The number of rotatable bonds is 0. The van der Waals surface area contributed by atoms with E-state index in [-0.39, 0.29) is 21.0 Å². The predicted molar refractivity (Wildman–Crippen MR) is 125 cm³/mol. The molecule has 2 heterocycles. The molecule has 6 rings (SSSR count). The number of halogens is 1. The van der Waals surface area contributed by atoms with Gasteiger partial charge in [0.1, 0.15) is 0 Å². The number of benzene rings is 4. The van der Waals surface area contributed by atoms with Crippen LogP contribution in [0, 0.1) is 0 Å². The van der Waals surface area contributed by atoms with E-state index < -0.39 is 0 Å². The van der Waals surface area contributed by atoms with E-state index in [4.69, 9.17) is 0 Å². The summed E-state index contributed by atoms with van der Waals surface area (Å²) in [6.07, 6.45) is 0. The zero-order valence-electron chi connectivity index (χ0n) is 15.2. The van der Waals surface area contributed by atoms with Crippen LogP contribution in [0.1, 0.15) is 0 Å². The third kappa shape index (κ3) is 1.85. The van der Waals surface area contributed by atoms with Gasteiger partial charge >= 0.3 is 0 Å². The molecular formula is C24H18IN2+. The smallest absolute Gasteiger partial charge is 0.232 e. The maximum atomic E-state index is 2.60. The Morgan fingerprint density at radius 3 is 2.26 bits per heavy atom. The van der Waals surface area contributed by atoms with Gasteiger partial charge in [-0.3, -0.25) is 0 Å². The Kier molecular flexibility index (Phi) is 3.15. The van der Waals surface area contributed by atoms with Crippen LogP contribution in [-0.4, -0.2) is 9.50 Å². The standard InChI is InChI=1S/C24H18IN2/c1-25-27-20-14-8-6-12-18(20)21-15-9-3-4-10-16(15)23-22(24(21)27)17-11-5-7-13-19(17)26(23)2/h3-14H,1-2H3/q+1. The number of hydrogen-bond donors (Lipinski definition) is 0. The summed E-state index contributed by atoms with van der Waals surface area (Å²) in [5.41, 5.74) is 8.22. The highest BCUT2D eigenvalue weighted by Crippen LogP contribution is 2.55. The number of alkyl halides is 1. The first kappa shape index (κ1) is 15.5. The second-order valence-electron chi connectivity index (χ2n) is 7.04. The van der Waals surface area contributed by atoms with E-state index in [0.717, 1.165) is 0 Å². The molecule has 0 amide bonds. The molecular weight excluding hydrogens is 443 g/mol. The predicted octanol–water partition coefficient (Wildman–Crippen LogP) is 7.08. The zero-order valence-corrected chi connectivity index (χ0v) is 17.4. The van der Waals surface area contributed by atoms with Gasteiger partial charge in [-0.1, -0.05) is 54.6 Å². The molecule has 2 nitrogen and oxygen atoms in total. The van der Waals surface area contributed by atoms with Crippen LogP contribution >= 0.6 is 21.0 Å². The molecule has 3 heteroatoms. The topological polar surface area (TPSA) is 7.94 Å². The van der Waals surface area contributed by atoms with E-state index in [9.17, 15) is 0 Å². The van der Waals surface area contributed by atoms with Gasteiger partial charge in [-0.2, -0.15) is 0 Å². The highest BCUT2D eigenvalue weighted by molar-refractivity contribution is 14.2. The minimum absolute atomic E-state index is 0.129.